The highest BCUT2D eigenvalue weighted by Gasteiger charge is 2.18. The third kappa shape index (κ3) is 3.94. The Labute approximate surface area is 145 Å². The van der Waals surface area contributed by atoms with E-state index in [1.165, 1.54) is 25.6 Å². The Balaban J connectivity index is 2.16. The first kappa shape index (κ1) is 18.0. The molecule has 0 aliphatic rings. The maximum atomic E-state index is 12.3. The van der Waals surface area contributed by atoms with Gasteiger partial charge in [-0.25, -0.2) is 0 Å². The molecule has 0 bridgehead atoms. The van der Waals surface area contributed by atoms with Crippen LogP contribution in [0.3, 0.4) is 0 Å². The molecule has 24 heavy (non-hydrogen) atoms. The number of hydrogen-bond acceptors (Lipinski definition) is 7. The number of benzene rings is 1. The molecular formula is C16H21N3O4S. The molecule has 1 heterocycles. The maximum absolute atomic E-state index is 12.3. The lowest BCUT2D eigenvalue weighted by atomic mass is 10.1. The molecule has 0 aliphatic carbocycles. The van der Waals surface area contributed by atoms with Gasteiger partial charge in [-0.15, -0.1) is 10.2 Å². The number of amides is 1. The number of ether oxygens (including phenoxy) is 3. The topological polar surface area (TPSA) is 82.6 Å². The molecule has 0 aliphatic heterocycles. The van der Waals surface area contributed by atoms with Crippen LogP contribution in [0, 0.1) is 0 Å². The Kier molecular flexibility index (Phi) is 5.97. The van der Waals surface area contributed by atoms with E-state index in [1.807, 2.05) is 13.8 Å². The van der Waals surface area contributed by atoms with Gasteiger partial charge in [-0.2, -0.15) is 0 Å². The standard InChI is InChI=1S/C16H21N3O4S/c1-9(2)15-18-19-16(24-15)17-12(20)8-10-6-7-11(21-3)14(23-5)13(10)22-4/h6-7,9H,8H2,1-5H3,(H,17,19,20). The summed E-state index contributed by atoms with van der Waals surface area (Å²) in [5.41, 5.74) is 0.696. The number of nitrogens with one attached hydrogen (secondary N) is 1. The van der Waals surface area contributed by atoms with Gasteiger partial charge in [0.25, 0.3) is 0 Å². The molecule has 130 valence electrons. The molecule has 2 aromatic rings. The molecule has 8 heteroatoms. The first-order valence-corrected chi connectivity index (χ1v) is 8.22. The van der Waals surface area contributed by atoms with Crippen LogP contribution in [0.4, 0.5) is 5.13 Å². The van der Waals surface area contributed by atoms with E-state index < -0.39 is 0 Å². The summed E-state index contributed by atoms with van der Waals surface area (Å²) in [6.45, 7) is 4.06. The molecule has 1 amide bonds. The van der Waals surface area contributed by atoms with Crippen LogP contribution < -0.4 is 19.5 Å². The monoisotopic (exact) mass is 351 g/mol. The van der Waals surface area contributed by atoms with Crippen molar-refractivity contribution < 1.29 is 19.0 Å². The van der Waals surface area contributed by atoms with Crippen molar-refractivity contribution >= 4 is 22.4 Å². The summed E-state index contributed by atoms with van der Waals surface area (Å²) in [7, 11) is 4.60. The van der Waals surface area contributed by atoms with Gasteiger partial charge in [-0.05, 0) is 6.07 Å². The van der Waals surface area contributed by atoms with Crippen LogP contribution in [0.2, 0.25) is 0 Å². The van der Waals surface area contributed by atoms with Gasteiger partial charge in [-0.1, -0.05) is 31.3 Å². The number of rotatable bonds is 7. The lowest BCUT2D eigenvalue weighted by Crippen LogP contribution is -2.15. The van der Waals surface area contributed by atoms with E-state index in [4.69, 9.17) is 14.2 Å². The fourth-order valence-corrected chi connectivity index (χ4v) is 2.92. The Hall–Kier alpha value is -2.35. The van der Waals surface area contributed by atoms with Crippen molar-refractivity contribution in [2.24, 2.45) is 0 Å². The zero-order chi connectivity index (χ0) is 17.7. The highest BCUT2D eigenvalue weighted by atomic mass is 32.1. The molecule has 0 fully saturated rings. The number of aromatic nitrogens is 2. The zero-order valence-corrected chi connectivity index (χ0v) is 15.2. The van der Waals surface area contributed by atoms with Gasteiger partial charge in [0.15, 0.2) is 11.5 Å². The number of carbonyl (C=O) groups excluding carboxylic acids is 1. The van der Waals surface area contributed by atoms with E-state index in [0.717, 1.165) is 5.01 Å². The summed E-state index contributed by atoms with van der Waals surface area (Å²) in [6, 6.07) is 3.52. The van der Waals surface area contributed by atoms with Gasteiger partial charge in [0.2, 0.25) is 16.8 Å². The summed E-state index contributed by atoms with van der Waals surface area (Å²) in [5.74, 6) is 1.56. The molecule has 1 aromatic carbocycles. The number of carbonyl (C=O) groups is 1. The predicted octanol–water partition coefficient (Wildman–Crippen LogP) is 2.87. The highest BCUT2D eigenvalue weighted by molar-refractivity contribution is 7.15. The van der Waals surface area contributed by atoms with Crippen molar-refractivity contribution in [3.8, 4) is 17.2 Å². The summed E-state index contributed by atoms with van der Waals surface area (Å²) < 4.78 is 15.9. The molecule has 0 saturated heterocycles. The fourth-order valence-electron chi connectivity index (χ4n) is 2.16. The number of hydrogen-bond donors (Lipinski definition) is 1. The van der Waals surface area contributed by atoms with Gasteiger partial charge >= 0.3 is 0 Å². The molecule has 7 nitrogen and oxygen atoms in total. The second kappa shape index (κ2) is 7.96. The van der Waals surface area contributed by atoms with Crippen molar-refractivity contribution in [3.63, 3.8) is 0 Å². The number of methoxy groups -OCH3 is 3. The van der Waals surface area contributed by atoms with Crippen molar-refractivity contribution in [3.05, 3.63) is 22.7 Å². The van der Waals surface area contributed by atoms with E-state index >= 15 is 0 Å². The molecule has 0 unspecified atom stereocenters. The Bertz CT molecular complexity index is 715. The minimum Gasteiger partial charge on any atom is -0.493 e. The number of nitrogens with zero attached hydrogens (tertiary/aromatic N) is 2. The first-order chi connectivity index (χ1) is 11.5. The summed E-state index contributed by atoms with van der Waals surface area (Å²) in [4.78, 5) is 12.3. The molecule has 2 rings (SSSR count). The predicted molar refractivity (Wildman–Crippen MR) is 92.4 cm³/mol. The van der Waals surface area contributed by atoms with Crippen molar-refractivity contribution in [1.82, 2.24) is 10.2 Å². The summed E-state index contributed by atoms with van der Waals surface area (Å²) in [5, 5.41) is 12.2. The third-order valence-electron chi connectivity index (χ3n) is 3.32. The van der Waals surface area contributed by atoms with Crippen LogP contribution in [-0.2, 0) is 11.2 Å². The molecule has 0 radical (unpaired) electrons. The summed E-state index contributed by atoms with van der Waals surface area (Å²) >= 11 is 1.37. The second-order valence-electron chi connectivity index (χ2n) is 5.32. The molecule has 0 saturated carbocycles. The van der Waals surface area contributed by atoms with Crippen molar-refractivity contribution in [2.75, 3.05) is 26.6 Å². The van der Waals surface area contributed by atoms with Crippen LogP contribution in [-0.4, -0.2) is 37.4 Å². The molecule has 0 spiro atoms. The van der Waals surface area contributed by atoms with Gasteiger partial charge in [0.05, 0.1) is 27.8 Å². The fraction of sp³-hybridized carbons (Fsp3) is 0.438. The van der Waals surface area contributed by atoms with E-state index in [9.17, 15) is 4.79 Å². The van der Waals surface area contributed by atoms with Gasteiger partial charge in [0, 0.05) is 11.5 Å². The highest BCUT2D eigenvalue weighted by Crippen LogP contribution is 2.40. The molecule has 1 aromatic heterocycles. The minimum absolute atomic E-state index is 0.125. The minimum atomic E-state index is -0.202. The van der Waals surface area contributed by atoms with Crippen LogP contribution in [0.25, 0.3) is 0 Å². The van der Waals surface area contributed by atoms with Crippen molar-refractivity contribution in [1.29, 1.82) is 0 Å². The third-order valence-corrected chi connectivity index (χ3v) is 4.46. The maximum Gasteiger partial charge on any atom is 0.230 e. The second-order valence-corrected chi connectivity index (χ2v) is 6.33. The first-order valence-electron chi connectivity index (χ1n) is 7.41. The Morgan fingerprint density at radius 2 is 1.83 bits per heavy atom. The lowest BCUT2D eigenvalue weighted by Gasteiger charge is -2.15. The zero-order valence-electron chi connectivity index (χ0n) is 14.4. The van der Waals surface area contributed by atoms with Crippen LogP contribution in [0.15, 0.2) is 12.1 Å². The quantitative estimate of drug-likeness (QED) is 0.826. The van der Waals surface area contributed by atoms with E-state index in [0.29, 0.717) is 27.9 Å². The average molecular weight is 351 g/mol. The van der Waals surface area contributed by atoms with E-state index in [2.05, 4.69) is 15.5 Å². The Morgan fingerprint density at radius 3 is 2.38 bits per heavy atom. The molecular weight excluding hydrogens is 330 g/mol. The molecule has 0 atom stereocenters. The van der Waals surface area contributed by atoms with Crippen molar-refractivity contribution in [2.45, 2.75) is 26.2 Å². The van der Waals surface area contributed by atoms with Crippen LogP contribution >= 0.6 is 11.3 Å². The largest absolute Gasteiger partial charge is 0.493 e. The van der Waals surface area contributed by atoms with Crippen LogP contribution in [0.5, 0.6) is 17.2 Å². The molecule has 1 N–H and O–H groups in total. The Morgan fingerprint density at radius 1 is 1.12 bits per heavy atom. The van der Waals surface area contributed by atoms with E-state index in [-0.39, 0.29) is 18.2 Å². The normalized spacial score (nSPS) is 10.6. The van der Waals surface area contributed by atoms with Crippen LogP contribution in [0.1, 0.15) is 30.3 Å². The number of anilines is 1. The summed E-state index contributed by atoms with van der Waals surface area (Å²) in [6.07, 6.45) is 0.125. The van der Waals surface area contributed by atoms with Gasteiger partial charge in [-0.3, -0.25) is 4.79 Å². The lowest BCUT2D eigenvalue weighted by molar-refractivity contribution is -0.115. The van der Waals surface area contributed by atoms with Gasteiger partial charge < -0.3 is 19.5 Å². The van der Waals surface area contributed by atoms with Gasteiger partial charge in [0.1, 0.15) is 5.01 Å². The average Bonchev–Trinajstić information content (AvgIpc) is 3.02. The van der Waals surface area contributed by atoms with E-state index in [1.54, 1.807) is 19.2 Å². The SMILES string of the molecule is COc1ccc(CC(=O)Nc2nnc(C(C)C)s2)c(OC)c1OC. The smallest absolute Gasteiger partial charge is 0.230 e.